The van der Waals surface area contributed by atoms with Crippen molar-refractivity contribution in [1.82, 2.24) is 9.80 Å². The highest BCUT2D eigenvalue weighted by Crippen LogP contribution is 2.04. The molecule has 140 valence electrons. The predicted octanol–water partition coefficient (Wildman–Crippen LogP) is 0.284. The third-order valence-electron chi connectivity index (χ3n) is 4.08. The number of rotatable bonds is 14. The van der Waals surface area contributed by atoms with Crippen molar-refractivity contribution >= 4 is 0 Å². The molecular weight excluding hydrogens is 296 g/mol. The van der Waals surface area contributed by atoms with Gasteiger partial charge in [0.1, 0.15) is 0 Å². The van der Waals surface area contributed by atoms with Gasteiger partial charge in [0.25, 0.3) is 0 Å². The molecule has 0 saturated carbocycles. The van der Waals surface area contributed by atoms with Crippen molar-refractivity contribution in [3.8, 4) is 0 Å². The first-order valence-electron chi connectivity index (χ1n) is 8.99. The Bertz CT molecular complexity index is 267. The Kier molecular flexibility index (Phi) is 13.0. The van der Waals surface area contributed by atoms with Gasteiger partial charge in [0, 0.05) is 39.3 Å². The van der Waals surface area contributed by atoms with E-state index in [1.165, 1.54) is 0 Å². The van der Waals surface area contributed by atoms with Crippen molar-refractivity contribution in [3.63, 3.8) is 0 Å². The van der Waals surface area contributed by atoms with E-state index in [4.69, 9.17) is 0 Å². The van der Waals surface area contributed by atoms with Crippen molar-refractivity contribution < 1.29 is 20.4 Å². The lowest BCUT2D eigenvalue weighted by molar-refractivity contribution is 0.0426. The molecule has 4 N–H and O–H groups in total. The summed E-state index contributed by atoms with van der Waals surface area (Å²) in [6.07, 6.45) is 0.411. The number of nitrogens with zero attached hydrogens (tertiary/aromatic N) is 2. The van der Waals surface area contributed by atoms with Crippen LogP contribution < -0.4 is 0 Å². The predicted molar refractivity (Wildman–Crippen MR) is 93.5 cm³/mol. The molecule has 0 saturated heterocycles. The van der Waals surface area contributed by atoms with Crippen LogP contribution in [-0.4, -0.2) is 93.9 Å². The largest absolute Gasteiger partial charge is 0.392 e. The normalized spacial score (nSPS) is 17.5. The van der Waals surface area contributed by atoms with E-state index in [1.807, 2.05) is 25.7 Å². The van der Waals surface area contributed by atoms with E-state index in [-0.39, 0.29) is 0 Å². The molecule has 0 fully saturated rings. The summed E-state index contributed by atoms with van der Waals surface area (Å²) < 4.78 is 0. The minimum Gasteiger partial charge on any atom is -0.392 e. The van der Waals surface area contributed by atoms with Crippen molar-refractivity contribution in [2.24, 2.45) is 0 Å². The van der Waals surface area contributed by atoms with E-state index in [0.29, 0.717) is 58.5 Å². The Balaban J connectivity index is 4.58. The summed E-state index contributed by atoms with van der Waals surface area (Å²) in [6.45, 7) is 11.1. The Morgan fingerprint density at radius 3 is 1.17 bits per heavy atom. The molecular formula is C17H38N2O4. The molecule has 4 unspecified atom stereocenters. The minimum atomic E-state index is -0.449. The van der Waals surface area contributed by atoms with Gasteiger partial charge in [0.2, 0.25) is 0 Å². The smallest absolute Gasteiger partial charge is 0.0664 e. The van der Waals surface area contributed by atoms with Crippen LogP contribution in [0.3, 0.4) is 0 Å². The number of aliphatic hydroxyl groups is 4. The van der Waals surface area contributed by atoms with Crippen LogP contribution in [0.15, 0.2) is 0 Å². The standard InChI is InChI=1S/C17H38N2O4/c1-5-15(21)11-18(10-14(4)20)8-9-19(12-16(22)6-2)13-17(23)7-3/h14-17,20-23H,5-13H2,1-4H3. The zero-order valence-corrected chi connectivity index (χ0v) is 15.4. The molecule has 0 radical (unpaired) electrons. The molecule has 0 aliphatic heterocycles. The van der Waals surface area contributed by atoms with E-state index < -0.39 is 24.4 Å². The molecule has 0 rings (SSSR count). The van der Waals surface area contributed by atoms with E-state index in [9.17, 15) is 20.4 Å². The van der Waals surface area contributed by atoms with Gasteiger partial charge in [-0.05, 0) is 26.2 Å². The van der Waals surface area contributed by atoms with E-state index in [0.717, 1.165) is 0 Å². The lowest BCUT2D eigenvalue weighted by Crippen LogP contribution is -2.45. The molecule has 0 spiro atoms. The van der Waals surface area contributed by atoms with Gasteiger partial charge in [-0.3, -0.25) is 9.80 Å². The summed E-state index contributed by atoms with van der Waals surface area (Å²) in [4.78, 5) is 4.11. The van der Waals surface area contributed by atoms with Crippen molar-refractivity contribution in [1.29, 1.82) is 0 Å². The number of hydrogen-bond donors (Lipinski definition) is 4. The lowest BCUT2D eigenvalue weighted by Gasteiger charge is -2.31. The summed E-state index contributed by atoms with van der Waals surface area (Å²) in [5.41, 5.74) is 0. The highest BCUT2D eigenvalue weighted by molar-refractivity contribution is 4.72. The molecule has 6 heteroatoms. The fourth-order valence-corrected chi connectivity index (χ4v) is 2.45. The fraction of sp³-hybridized carbons (Fsp3) is 1.00. The molecule has 0 aromatic carbocycles. The molecule has 4 atom stereocenters. The lowest BCUT2D eigenvalue weighted by atomic mass is 10.2. The Morgan fingerprint density at radius 2 is 0.913 bits per heavy atom. The molecule has 0 aromatic rings. The third-order valence-corrected chi connectivity index (χ3v) is 4.08. The van der Waals surface area contributed by atoms with Gasteiger partial charge < -0.3 is 20.4 Å². The summed E-state index contributed by atoms with van der Waals surface area (Å²) in [5, 5.41) is 39.3. The second-order valence-corrected chi connectivity index (χ2v) is 6.55. The van der Waals surface area contributed by atoms with E-state index in [1.54, 1.807) is 6.92 Å². The zero-order valence-electron chi connectivity index (χ0n) is 15.4. The second-order valence-electron chi connectivity index (χ2n) is 6.55. The summed E-state index contributed by atoms with van der Waals surface area (Å²) in [7, 11) is 0. The van der Waals surface area contributed by atoms with Gasteiger partial charge in [-0.15, -0.1) is 0 Å². The monoisotopic (exact) mass is 334 g/mol. The topological polar surface area (TPSA) is 87.4 Å². The second kappa shape index (κ2) is 13.1. The van der Waals surface area contributed by atoms with Crippen molar-refractivity contribution in [3.05, 3.63) is 0 Å². The maximum atomic E-state index is 9.89. The van der Waals surface area contributed by atoms with Crippen molar-refractivity contribution in [2.45, 2.75) is 71.4 Å². The van der Waals surface area contributed by atoms with E-state index in [2.05, 4.69) is 4.90 Å². The average molecular weight is 335 g/mol. The molecule has 0 bridgehead atoms. The zero-order chi connectivity index (χ0) is 17.8. The summed E-state index contributed by atoms with van der Waals surface area (Å²) >= 11 is 0. The molecule has 0 aliphatic rings. The number of hydrogen-bond acceptors (Lipinski definition) is 6. The molecule has 0 aromatic heterocycles. The SMILES string of the molecule is CCC(O)CN(CCN(CC(O)CC)CC(O)CC)CC(C)O. The van der Waals surface area contributed by atoms with Crippen LogP contribution in [0.5, 0.6) is 0 Å². The Morgan fingerprint density at radius 1 is 0.609 bits per heavy atom. The highest BCUT2D eigenvalue weighted by atomic mass is 16.3. The van der Waals surface area contributed by atoms with Crippen molar-refractivity contribution in [2.75, 3.05) is 39.3 Å². The maximum Gasteiger partial charge on any atom is 0.0664 e. The van der Waals surface area contributed by atoms with Gasteiger partial charge in [-0.1, -0.05) is 20.8 Å². The average Bonchev–Trinajstić information content (AvgIpc) is 2.51. The van der Waals surface area contributed by atoms with Crippen LogP contribution in [0.4, 0.5) is 0 Å². The summed E-state index contributed by atoms with van der Waals surface area (Å²) in [6, 6.07) is 0. The fourth-order valence-electron chi connectivity index (χ4n) is 2.45. The van der Waals surface area contributed by atoms with Gasteiger partial charge in [0.05, 0.1) is 24.4 Å². The quantitative estimate of drug-likeness (QED) is 0.365. The number of aliphatic hydroxyl groups excluding tert-OH is 4. The Hall–Kier alpha value is -0.240. The summed E-state index contributed by atoms with van der Waals surface area (Å²) in [5.74, 6) is 0. The third kappa shape index (κ3) is 11.9. The molecule has 6 nitrogen and oxygen atoms in total. The van der Waals surface area contributed by atoms with Gasteiger partial charge in [0.15, 0.2) is 0 Å². The van der Waals surface area contributed by atoms with E-state index >= 15 is 0 Å². The first-order valence-corrected chi connectivity index (χ1v) is 8.99. The molecule has 0 amide bonds. The highest BCUT2D eigenvalue weighted by Gasteiger charge is 2.17. The minimum absolute atomic E-state index is 0.398. The molecule has 23 heavy (non-hydrogen) atoms. The maximum absolute atomic E-state index is 9.89. The Labute approximate surface area is 141 Å². The first kappa shape index (κ1) is 22.8. The van der Waals surface area contributed by atoms with Crippen LogP contribution in [0.1, 0.15) is 47.0 Å². The van der Waals surface area contributed by atoms with Crippen LogP contribution >= 0.6 is 0 Å². The first-order chi connectivity index (χ1) is 10.8. The van der Waals surface area contributed by atoms with Crippen LogP contribution in [-0.2, 0) is 0 Å². The van der Waals surface area contributed by atoms with Crippen LogP contribution in [0.2, 0.25) is 0 Å². The van der Waals surface area contributed by atoms with Gasteiger partial charge in [-0.25, -0.2) is 0 Å². The molecule has 0 aliphatic carbocycles. The molecule has 0 heterocycles. The van der Waals surface area contributed by atoms with Crippen LogP contribution in [0, 0.1) is 0 Å². The van der Waals surface area contributed by atoms with Gasteiger partial charge >= 0.3 is 0 Å². The van der Waals surface area contributed by atoms with Crippen LogP contribution in [0.25, 0.3) is 0 Å². The van der Waals surface area contributed by atoms with Gasteiger partial charge in [-0.2, -0.15) is 0 Å².